The molecule has 2 aromatic heterocycles. The normalized spacial score (nSPS) is 10.6. The molecule has 3 aromatic rings. The number of nitrogens with zero attached hydrogens (tertiary/aromatic N) is 4. The zero-order valence-electron chi connectivity index (χ0n) is 9.99. The van der Waals surface area contributed by atoms with Gasteiger partial charge in [0, 0.05) is 5.56 Å². The number of nitrogen functional groups attached to an aromatic ring is 1. The molecule has 0 bridgehead atoms. The van der Waals surface area contributed by atoms with Crippen molar-refractivity contribution in [2.45, 2.75) is 0 Å². The van der Waals surface area contributed by atoms with Crippen molar-refractivity contribution in [1.82, 2.24) is 25.3 Å². The fraction of sp³-hybridized carbons (Fsp3) is 0.0909. The Labute approximate surface area is 107 Å². The standard InChI is InChI=1S/C11H10N6O2/c1-18-7-4-2-3-6(5-7)8-13-10(19-17-8)9-14-11(12)16-15-9/h2-5H,1H3,(H3,12,14,15,16). The molecule has 0 aliphatic heterocycles. The number of nitrogens with two attached hydrogens (primary N) is 1. The van der Waals surface area contributed by atoms with Gasteiger partial charge < -0.3 is 15.0 Å². The summed E-state index contributed by atoms with van der Waals surface area (Å²) in [5.41, 5.74) is 6.19. The first-order valence-corrected chi connectivity index (χ1v) is 5.42. The van der Waals surface area contributed by atoms with Crippen molar-refractivity contribution in [3.63, 3.8) is 0 Å². The van der Waals surface area contributed by atoms with Crippen LogP contribution >= 0.6 is 0 Å². The van der Waals surface area contributed by atoms with Crippen LogP contribution in [0.15, 0.2) is 28.8 Å². The molecular weight excluding hydrogens is 248 g/mol. The lowest BCUT2D eigenvalue weighted by Crippen LogP contribution is -1.86. The lowest BCUT2D eigenvalue weighted by molar-refractivity contribution is 0.414. The first kappa shape index (κ1) is 11.2. The summed E-state index contributed by atoms with van der Waals surface area (Å²) in [6.07, 6.45) is 0. The van der Waals surface area contributed by atoms with E-state index in [1.54, 1.807) is 7.11 Å². The van der Waals surface area contributed by atoms with Crippen molar-refractivity contribution in [2.75, 3.05) is 12.8 Å². The highest BCUT2D eigenvalue weighted by Crippen LogP contribution is 2.23. The number of hydrogen-bond donors (Lipinski definition) is 2. The van der Waals surface area contributed by atoms with E-state index in [9.17, 15) is 0 Å². The van der Waals surface area contributed by atoms with Crippen LogP contribution in [0.5, 0.6) is 5.75 Å². The Hall–Kier alpha value is -2.90. The van der Waals surface area contributed by atoms with Gasteiger partial charge in [0.15, 0.2) is 0 Å². The molecule has 1 aromatic carbocycles. The smallest absolute Gasteiger partial charge is 0.295 e. The first-order chi connectivity index (χ1) is 9.26. The maximum absolute atomic E-state index is 5.41. The van der Waals surface area contributed by atoms with Gasteiger partial charge in [-0.05, 0) is 12.1 Å². The van der Waals surface area contributed by atoms with Gasteiger partial charge in [0.2, 0.25) is 17.6 Å². The van der Waals surface area contributed by atoms with Gasteiger partial charge in [-0.25, -0.2) is 0 Å². The van der Waals surface area contributed by atoms with E-state index in [1.807, 2.05) is 24.3 Å². The van der Waals surface area contributed by atoms with E-state index in [-0.39, 0.29) is 11.8 Å². The zero-order valence-corrected chi connectivity index (χ0v) is 9.99. The second kappa shape index (κ2) is 4.41. The third-order valence-corrected chi connectivity index (χ3v) is 2.46. The average Bonchev–Trinajstić information content (AvgIpc) is 3.07. The molecule has 0 unspecified atom stereocenters. The average molecular weight is 258 g/mol. The second-order valence-electron chi connectivity index (χ2n) is 3.70. The summed E-state index contributed by atoms with van der Waals surface area (Å²) in [5.74, 6) is 1.83. The van der Waals surface area contributed by atoms with Crippen LogP contribution in [0.2, 0.25) is 0 Å². The third kappa shape index (κ3) is 2.10. The van der Waals surface area contributed by atoms with Crippen LogP contribution in [-0.2, 0) is 0 Å². The molecule has 0 amide bonds. The van der Waals surface area contributed by atoms with Gasteiger partial charge in [-0.3, -0.25) is 5.10 Å². The maximum atomic E-state index is 5.41. The molecule has 8 nitrogen and oxygen atoms in total. The largest absolute Gasteiger partial charge is 0.497 e. The highest BCUT2D eigenvalue weighted by Gasteiger charge is 2.14. The number of hydrogen-bond acceptors (Lipinski definition) is 7. The van der Waals surface area contributed by atoms with Gasteiger partial charge in [0.25, 0.3) is 5.89 Å². The highest BCUT2D eigenvalue weighted by atomic mass is 16.5. The van der Waals surface area contributed by atoms with Gasteiger partial charge in [0.05, 0.1) is 7.11 Å². The van der Waals surface area contributed by atoms with E-state index in [2.05, 4.69) is 25.3 Å². The maximum Gasteiger partial charge on any atom is 0.295 e. The van der Waals surface area contributed by atoms with E-state index in [4.69, 9.17) is 15.0 Å². The Morgan fingerprint density at radius 3 is 2.95 bits per heavy atom. The Kier molecular flexibility index (Phi) is 2.60. The number of H-pyrrole nitrogens is 1. The van der Waals surface area contributed by atoms with Crippen LogP contribution in [0.3, 0.4) is 0 Å². The first-order valence-electron chi connectivity index (χ1n) is 5.42. The van der Waals surface area contributed by atoms with Crippen molar-refractivity contribution < 1.29 is 9.26 Å². The quantitative estimate of drug-likeness (QED) is 0.722. The van der Waals surface area contributed by atoms with Crippen LogP contribution in [0.25, 0.3) is 23.1 Å². The van der Waals surface area contributed by atoms with Gasteiger partial charge in [-0.1, -0.05) is 17.3 Å². The van der Waals surface area contributed by atoms with Crippen molar-refractivity contribution in [3.8, 4) is 28.9 Å². The summed E-state index contributed by atoms with van der Waals surface area (Å²) in [4.78, 5) is 8.13. The Morgan fingerprint density at radius 2 is 2.21 bits per heavy atom. The van der Waals surface area contributed by atoms with E-state index < -0.39 is 0 Å². The van der Waals surface area contributed by atoms with Crippen molar-refractivity contribution in [3.05, 3.63) is 24.3 Å². The monoisotopic (exact) mass is 258 g/mol. The molecule has 0 aliphatic rings. The van der Waals surface area contributed by atoms with Crippen LogP contribution in [0.4, 0.5) is 5.95 Å². The Bertz CT molecular complexity index is 705. The molecule has 19 heavy (non-hydrogen) atoms. The topological polar surface area (TPSA) is 116 Å². The molecule has 0 atom stereocenters. The molecule has 0 aliphatic carbocycles. The van der Waals surface area contributed by atoms with Crippen molar-refractivity contribution in [1.29, 1.82) is 0 Å². The van der Waals surface area contributed by atoms with E-state index in [0.29, 0.717) is 17.4 Å². The molecule has 0 saturated carbocycles. The van der Waals surface area contributed by atoms with Crippen LogP contribution in [0.1, 0.15) is 0 Å². The number of aromatic nitrogens is 5. The number of methoxy groups -OCH3 is 1. The van der Waals surface area contributed by atoms with Gasteiger partial charge >= 0.3 is 0 Å². The van der Waals surface area contributed by atoms with Crippen LogP contribution in [0, 0.1) is 0 Å². The summed E-state index contributed by atoms with van der Waals surface area (Å²) in [7, 11) is 1.60. The predicted molar refractivity (Wildman–Crippen MR) is 66.1 cm³/mol. The summed E-state index contributed by atoms with van der Waals surface area (Å²) >= 11 is 0. The SMILES string of the molecule is COc1cccc(-c2noc(-c3nc(N)n[nH]3)n2)c1. The molecule has 2 heterocycles. The number of rotatable bonds is 3. The van der Waals surface area contributed by atoms with Crippen molar-refractivity contribution in [2.24, 2.45) is 0 Å². The minimum atomic E-state index is 0.121. The number of aromatic amines is 1. The second-order valence-corrected chi connectivity index (χ2v) is 3.70. The molecule has 3 rings (SSSR count). The van der Waals surface area contributed by atoms with Gasteiger partial charge in [-0.15, -0.1) is 5.10 Å². The summed E-state index contributed by atoms with van der Waals surface area (Å²) < 4.78 is 10.2. The van der Waals surface area contributed by atoms with Gasteiger partial charge in [-0.2, -0.15) is 9.97 Å². The molecule has 0 spiro atoms. The minimum Gasteiger partial charge on any atom is -0.497 e. The molecule has 0 radical (unpaired) electrons. The molecular formula is C11H10N6O2. The van der Waals surface area contributed by atoms with Gasteiger partial charge in [0.1, 0.15) is 5.75 Å². The molecule has 3 N–H and O–H groups in total. The van der Waals surface area contributed by atoms with Crippen LogP contribution < -0.4 is 10.5 Å². The molecule has 8 heteroatoms. The zero-order chi connectivity index (χ0) is 13.2. The minimum absolute atomic E-state index is 0.121. The fourth-order valence-electron chi connectivity index (χ4n) is 1.57. The lowest BCUT2D eigenvalue weighted by Gasteiger charge is -1.99. The van der Waals surface area contributed by atoms with Crippen LogP contribution in [-0.4, -0.2) is 32.4 Å². The number of nitrogens with one attached hydrogen (secondary N) is 1. The number of benzene rings is 1. The molecule has 96 valence electrons. The number of ether oxygens (including phenoxy) is 1. The summed E-state index contributed by atoms with van der Waals surface area (Å²) in [5, 5.41) is 10.2. The highest BCUT2D eigenvalue weighted by molar-refractivity contribution is 5.59. The molecule has 0 fully saturated rings. The van der Waals surface area contributed by atoms with E-state index in [0.717, 1.165) is 5.56 Å². The fourth-order valence-corrected chi connectivity index (χ4v) is 1.57. The summed E-state index contributed by atoms with van der Waals surface area (Å²) in [6.45, 7) is 0. The third-order valence-electron chi connectivity index (χ3n) is 2.46. The summed E-state index contributed by atoms with van der Waals surface area (Å²) in [6, 6.07) is 7.34. The Morgan fingerprint density at radius 1 is 1.32 bits per heavy atom. The Balaban J connectivity index is 1.96. The van der Waals surface area contributed by atoms with E-state index >= 15 is 0 Å². The predicted octanol–water partition coefficient (Wildman–Crippen LogP) is 1.11. The lowest BCUT2D eigenvalue weighted by atomic mass is 10.2. The van der Waals surface area contributed by atoms with E-state index in [1.165, 1.54) is 0 Å². The van der Waals surface area contributed by atoms with Crippen molar-refractivity contribution >= 4 is 5.95 Å². The molecule has 0 saturated heterocycles. The number of anilines is 1.